The summed E-state index contributed by atoms with van der Waals surface area (Å²) in [6.45, 7) is 1.52. The lowest BCUT2D eigenvalue weighted by molar-refractivity contribution is 0.101. The first-order valence-corrected chi connectivity index (χ1v) is 9.27. The number of hydrogen-bond donors (Lipinski definition) is 2. The van der Waals surface area contributed by atoms with E-state index in [9.17, 15) is 9.59 Å². The molecule has 1 aromatic heterocycles. The molecule has 3 rings (SSSR count). The molecule has 1 heterocycles. The molecule has 5 heteroatoms. The van der Waals surface area contributed by atoms with Gasteiger partial charge in [-0.2, -0.15) is 0 Å². The minimum Gasteiger partial charge on any atom is -0.367 e. The van der Waals surface area contributed by atoms with E-state index < -0.39 is 0 Å². The van der Waals surface area contributed by atoms with Crippen molar-refractivity contribution in [3.63, 3.8) is 0 Å². The fourth-order valence-electron chi connectivity index (χ4n) is 3.28. The van der Waals surface area contributed by atoms with Crippen LogP contribution < -0.4 is 10.6 Å². The maximum atomic E-state index is 12.5. The minimum absolute atomic E-state index is 0.00578. The molecule has 0 aliphatic heterocycles. The fraction of sp³-hybridized carbons (Fsp3) is 0.381. The van der Waals surface area contributed by atoms with Crippen molar-refractivity contribution in [1.82, 2.24) is 4.98 Å². The molecule has 0 spiro atoms. The van der Waals surface area contributed by atoms with Crippen LogP contribution in [-0.2, 0) is 0 Å². The number of ketones is 1. The Morgan fingerprint density at radius 1 is 0.962 bits per heavy atom. The topological polar surface area (TPSA) is 71.1 Å². The van der Waals surface area contributed by atoms with E-state index in [1.165, 1.54) is 32.6 Å². The highest BCUT2D eigenvalue weighted by atomic mass is 16.1. The molecular formula is C21H25N3O2. The van der Waals surface area contributed by atoms with E-state index in [0.29, 0.717) is 22.9 Å². The van der Waals surface area contributed by atoms with Gasteiger partial charge in [-0.05, 0) is 56.2 Å². The normalized spacial score (nSPS) is 15.1. The Morgan fingerprint density at radius 3 is 2.31 bits per heavy atom. The molecule has 0 unspecified atom stereocenters. The summed E-state index contributed by atoms with van der Waals surface area (Å²) in [7, 11) is 0. The van der Waals surface area contributed by atoms with Gasteiger partial charge in [0.2, 0.25) is 0 Å². The molecule has 1 amide bonds. The molecule has 26 heavy (non-hydrogen) atoms. The summed E-state index contributed by atoms with van der Waals surface area (Å²) in [5.74, 6) is 0.564. The van der Waals surface area contributed by atoms with E-state index in [2.05, 4.69) is 15.6 Å². The van der Waals surface area contributed by atoms with E-state index in [1.807, 2.05) is 0 Å². The zero-order valence-corrected chi connectivity index (χ0v) is 15.1. The first-order chi connectivity index (χ1) is 12.6. The van der Waals surface area contributed by atoms with Crippen LogP contribution >= 0.6 is 0 Å². The van der Waals surface area contributed by atoms with Crippen LogP contribution in [0.3, 0.4) is 0 Å². The Kier molecular flexibility index (Phi) is 6.00. The third-order valence-electron chi connectivity index (χ3n) is 4.78. The summed E-state index contributed by atoms with van der Waals surface area (Å²) in [6, 6.07) is 10.8. The Hall–Kier alpha value is -2.69. The molecule has 5 nitrogen and oxygen atoms in total. The van der Waals surface area contributed by atoms with Crippen LogP contribution in [0.1, 0.15) is 66.2 Å². The molecule has 1 aliphatic rings. The molecule has 1 saturated carbocycles. The maximum absolute atomic E-state index is 12.5. The van der Waals surface area contributed by atoms with Crippen LogP contribution in [-0.4, -0.2) is 22.7 Å². The number of rotatable bonds is 5. The number of hydrogen-bond acceptors (Lipinski definition) is 4. The van der Waals surface area contributed by atoms with Crippen LogP contribution in [0, 0.1) is 0 Å². The summed E-state index contributed by atoms with van der Waals surface area (Å²) < 4.78 is 0. The average Bonchev–Trinajstić information content (AvgIpc) is 2.91. The Morgan fingerprint density at radius 2 is 1.65 bits per heavy atom. The van der Waals surface area contributed by atoms with E-state index >= 15 is 0 Å². The van der Waals surface area contributed by atoms with Crippen molar-refractivity contribution >= 4 is 23.2 Å². The third kappa shape index (κ3) is 4.91. The summed E-state index contributed by atoms with van der Waals surface area (Å²) in [5.41, 5.74) is 1.85. The first kappa shape index (κ1) is 18.1. The highest BCUT2D eigenvalue weighted by molar-refractivity contribution is 6.05. The molecule has 0 bridgehead atoms. The summed E-state index contributed by atoms with van der Waals surface area (Å²) in [4.78, 5) is 28.2. The molecule has 1 aromatic carbocycles. The quantitative estimate of drug-likeness (QED) is 0.606. The number of aromatic nitrogens is 1. The van der Waals surface area contributed by atoms with Crippen molar-refractivity contribution in [2.45, 2.75) is 51.5 Å². The molecule has 2 N–H and O–H groups in total. The lowest BCUT2D eigenvalue weighted by Crippen LogP contribution is -2.20. The van der Waals surface area contributed by atoms with Crippen molar-refractivity contribution in [3.8, 4) is 0 Å². The number of Topliss-reactive ketones (excluding diaryl/α,β-unsaturated/α-hetero) is 1. The first-order valence-electron chi connectivity index (χ1n) is 9.27. The number of nitrogens with zero attached hydrogens (tertiary/aromatic N) is 1. The van der Waals surface area contributed by atoms with Gasteiger partial charge in [0, 0.05) is 29.1 Å². The second-order valence-corrected chi connectivity index (χ2v) is 6.85. The summed E-state index contributed by atoms with van der Waals surface area (Å²) in [6.07, 6.45) is 9.06. The number of benzene rings is 1. The van der Waals surface area contributed by atoms with Gasteiger partial charge in [-0.3, -0.25) is 9.59 Å². The van der Waals surface area contributed by atoms with Crippen LogP contribution in [0.15, 0.2) is 42.6 Å². The van der Waals surface area contributed by atoms with Crippen molar-refractivity contribution in [3.05, 3.63) is 53.7 Å². The SMILES string of the molecule is CC(=O)c1ccc(NC(=O)c2ccnc(NC3CCCCCC3)c2)cc1. The highest BCUT2D eigenvalue weighted by Gasteiger charge is 2.14. The zero-order chi connectivity index (χ0) is 18.4. The largest absolute Gasteiger partial charge is 0.367 e. The van der Waals surface area contributed by atoms with Crippen molar-refractivity contribution in [2.75, 3.05) is 10.6 Å². The number of pyridine rings is 1. The van der Waals surface area contributed by atoms with E-state index in [4.69, 9.17) is 0 Å². The van der Waals surface area contributed by atoms with Gasteiger partial charge in [-0.15, -0.1) is 0 Å². The zero-order valence-electron chi connectivity index (χ0n) is 15.1. The van der Waals surface area contributed by atoms with Gasteiger partial charge in [0.15, 0.2) is 5.78 Å². The maximum Gasteiger partial charge on any atom is 0.255 e. The summed E-state index contributed by atoms with van der Waals surface area (Å²) >= 11 is 0. The third-order valence-corrected chi connectivity index (χ3v) is 4.78. The fourth-order valence-corrected chi connectivity index (χ4v) is 3.28. The number of carbonyl (C=O) groups excluding carboxylic acids is 2. The lowest BCUT2D eigenvalue weighted by atomic mass is 10.1. The Balaban J connectivity index is 1.64. The average molecular weight is 351 g/mol. The smallest absolute Gasteiger partial charge is 0.255 e. The number of anilines is 2. The van der Waals surface area contributed by atoms with E-state index in [-0.39, 0.29) is 11.7 Å². The Labute approximate surface area is 154 Å². The second kappa shape index (κ2) is 8.61. The van der Waals surface area contributed by atoms with Crippen molar-refractivity contribution in [2.24, 2.45) is 0 Å². The predicted octanol–water partition coefficient (Wildman–Crippen LogP) is 4.67. The van der Waals surface area contributed by atoms with E-state index in [1.54, 1.807) is 42.6 Å². The summed E-state index contributed by atoms with van der Waals surface area (Å²) in [5, 5.41) is 6.33. The lowest BCUT2D eigenvalue weighted by Gasteiger charge is -2.17. The number of nitrogens with one attached hydrogen (secondary N) is 2. The monoisotopic (exact) mass is 351 g/mol. The van der Waals surface area contributed by atoms with Crippen LogP contribution in [0.25, 0.3) is 0 Å². The standard InChI is InChI=1S/C21H25N3O2/c1-15(25)16-8-10-19(11-9-16)24-21(26)17-12-13-22-20(14-17)23-18-6-4-2-3-5-7-18/h8-14,18H,2-7H2,1H3,(H,22,23)(H,24,26). The van der Waals surface area contributed by atoms with Gasteiger partial charge in [0.1, 0.15) is 5.82 Å². The highest BCUT2D eigenvalue weighted by Crippen LogP contribution is 2.21. The van der Waals surface area contributed by atoms with Crippen LogP contribution in [0.4, 0.5) is 11.5 Å². The van der Waals surface area contributed by atoms with Gasteiger partial charge in [-0.1, -0.05) is 25.7 Å². The molecule has 2 aromatic rings. The molecular weight excluding hydrogens is 326 g/mol. The van der Waals surface area contributed by atoms with E-state index in [0.717, 1.165) is 18.7 Å². The van der Waals surface area contributed by atoms with Crippen LogP contribution in [0.2, 0.25) is 0 Å². The molecule has 136 valence electrons. The Bertz CT molecular complexity index is 763. The van der Waals surface area contributed by atoms with Crippen LogP contribution in [0.5, 0.6) is 0 Å². The number of carbonyl (C=O) groups is 2. The van der Waals surface area contributed by atoms with Gasteiger partial charge >= 0.3 is 0 Å². The molecule has 1 aliphatic carbocycles. The predicted molar refractivity (Wildman–Crippen MR) is 104 cm³/mol. The number of amides is 1. The second-order valence-electron chi connectivity index (χ2n) is 6.85. The molecule has 0 saturated heterocycles. The van der Waals surface area contributed by atoms with Gasteiger partial charge in [0.05, 0.1) is 0 Å². The van der Waals surface area contributed by atoms with Gasteiger partial charge < -0.3 is 10.6 Å². The molecule has 1 fully saturated rings. The molecule has 0 radical (unpaired) electrons. The van der Waals surface area contributed by atoms with Crippen molar-refractivity contribution in [1.29, 1.82) is 0 Å². The van der Waals surface area contributed by atoms with Gasteiger partial charge in [0.25, 0.3) is 5.91 Å². The van der Waals surface area contributed by atoms with Crippen molar-refractivity contribution < 1.29 is 9.59 Å². The van der Waals surface area contributed by atoms with Gasteiger partial charge in [-0.25, -0.2) is 4.98 Å². The minimum atomic E-state index is -0.188. The molecule has 0 atom stereocenters.